The quantitative estimate of drug-likeness (QED) is 0.729. The van der Waals surface area contributed by atoms with E-state index in [1.54, 1.807) is 13.0 Å². The van der Waals surface area contributed by atoms with Crippen LogP contribution in [0.15, 0.2) is 61.5 Å². The number of benzene rings is 1. The lowest BCUT2D eigenvalue weighted by molar-refractivity contribution is 0.624. The van der Waals surface area contributed by atoms with Gasteiger partial charge in [-0.15, -0.1) is 0 Å². The lowest BCUT2D eigenvalue weighted by atomic mass is 10.1. The fourth-order valence-electron chi connectivity index (χ4n) is 1.73. The Kier molecular flexibility index (Phi) is 2.96. The van der Waals surface area contributed by atoms with Crippen LogP contribution in [-0.2, 0) is 0 Å². The maximum Gasteiger partial charge on any atom is 0.132 e. The van der Waals surface area contributed by atoms with Gasteiger partial charge in [0.25, 0.3) is 0 Å². The highest BCUT2D eigenvalue weighted by Crippen LogP contribution is 2.26. The summed E-state index contributed by atoms with van der Waals surface area (Å²) >= 11 is 0. The Bertz CT molecular complexity index is 538. The third-order valence-corrected chi connectivity index (χ3v) is 2.63. The first-order chi connectivity index (χ1) is 8.09. The summed E-state index contributed by atoms with van der Waals surface area (Å²) in [5.41, 5.74) is 2.85. The monoisotopic (exact) mass is 227 g/mol. The van der Waals surface area contributed by atoms with Crippen molar-refractivity contribution in [3.05, 3.63) is 72.9 Å². The molecule has 2 rings (SSSR count). The van der Waals surface area contributed by atoms with Crippen LogP contribution < -0.4 is 4.90 Å². The smallest absolute Gasteiger partial charge is 0.132 e. The van der Waals surface area contributed by atoms with Gasteiger partial charge in [0.05, 0.1) is 0 Å². The minimum absolute atomic E-state index is 0.259. The van der Waals surface area contributed by atoms with Crippen LogP contribution in [0.3, 0.4) is 0 Å². The molecule has 1 aliphatic rings. The van der Waals surface area contributed by atoms with Crippen molar-refractivity contribution in [1.82, 2.24) is 0 Å². The van der Waals surface area contributed by atoms with E-state index in [9.17, 15) is 4.39 Å². The van der Waals surface area contributed by atoms with E-state index >= 15 is 0 Å². The molecule has 0 aromatic heterocycles. The molecule has 2 heteroatoms. The van der Waals surface area contributed by atoms with E-state index in [-0.39, 0.29) is 5.82 Å². The lowest BCUT2D eigenvalue weighted by Crippen LogP contribution is -2.14. The average molecular weight is 227 g/mol. The predicted octanol–water partition coefficient (Wildman–Crippen LogP) is 4.26. The number of hydrogen-bond donors (Lipinski definition) is 0. The first-order valence-corrected chi connectivity index (χ1v) is 5.38. The van der Waals surface area contributed by atoms with Crippen molar-refractivity contribution in [1.29, 1.82) is 0 Å². The second kappa shape index (κ2) is 4.42. The van der Waals surface area contributed by atoms with Crippen molar-refractivity contribution in [3.8, 4) is 0 Å². The molecule has 1 heterocycles. The molecule has 1 nitrogen and oxygen atoms in total. The van der Waals surface area contributed by atoms with Gasteiger partial charge in [0.2, 0.25) is 0 Å². The van der Waals surface area contributed by atoms with E-state index in [2.05, 4.69) is 13.2 Å². The molecular weight excluding hydrogens is 213 g/mol. The van der Waals surface area contributed by atoms with Gasteiger partial charge < -0.3 is 4.90 Å². The van der Waals surface area contributed by atoms with Crippen molar-refractivity contribution in [3.63, 3.8) is 0 Å². The average Bonchev–Trinajstić information content (AvgIpc) is 2.29. The number of nitrogens with zero attached hydrogens (tertiary/aromatic N) is 1. The van der Waals surface area contributed by atoms with E-state index in [0.29, 0.717) is 5.56 Å². The molecule has 0 aliphatic carbocycles. The number of halogens is 1. The molecule has 1 aromatic carbocycles. The summed E-state index contributed by atoms with van der Waals surface area (Å²) in [4.78, 5) is 1.84. The summed E-state index contributed by atoms with van der Waals surface area (Å²) < 4.78 is 13.8. The summed E-state index contributed by atoms with van der Waals surface area (Å²) in [7, 11) is 0. The number of hydrogen-bond acceptors (Lipinski definition) is 1. The van der Waals surface area contributed by atoms with Crippen LogP contribution in [0.1, 0.15) is 12.5 Å². The summed E-state index contributed by atoms with van der Waals surface area (Å²) in [5, 5.41) is 0. The van der Waals surface area contributed by atoms with Crippen LogP contribution in [0.5, 0.6) is 0 Å². The van der Waals surface area contributed by atoms with Crippen LogP contribution in [0.4, 0.5) is 10.1 Å². The van der Waals surface area contributed by atoms with E-state index in [0.717, 1.165) is 17.0 Å². The number of anilines is 1. The van der Waals surface area contributed by atoms with Crippen molar-refractivity contribution in [2.24, 2.45) is 0 Å². The molecule has 0 saturated heterocycles. The molecule has 0 saturated carbocycles. The zero-order valence-corrected chi connectivity index (χ0v) is 9.78. The van der Waals surface area contributed by atoms with Crippen LogP contribution in [0.25, 0.3) is 5.57 Å². The molecule has 17 heavy (non-hydrogen) atoms. The zero-order chi connectivity index (χ0) is 12.4. The van der Waals surface area contributed by atoms with Crippen molar-refractivity contribution >= 4 is 11.3 Å². The van der Waals surface area contributed by atoms with E-state index in [4.69, 9.17) is 0 Å². The zero-order valence-electron chi connectivity index (χ0n) is 9.78. The summed E-state index contributed by atoms with van der Waals surface area (Å²) in [6, 6.07) is 5.10. The van der Waals surface area contributed by atoms with Crippen molar-refractivity contribution in [2.45, 2.75) is 6.92 Å². The van der Waals surface area contributed by atoms with Gasteiger partial charge in [-0.3, -0.25) is 0 Å². The first-order valence-electron chi connectivity index (χ1n) is 5.38. The highest BCUT2D eigenvalue weighted by Gasteiger charge is 2.10. The van der Waals surface area contributed by atoms with Crippen LogP contribution in [-0.4, -0.2) is 0 Å². The minimum atomic E-state index is -0.259. The molecule has 86 valence electrons. The summed E-state index contributed by atoms with van der Waals surface area (Å²) in [6.07, 6.45) is 7.53. The molecule has 0 radical (unpaired) electrons. The molecule has 0 N–H and O–H groups in total. The highest BCUT2D eigenvalue weighted by atomic mass is 19.1. The molecule has 0 atom stereocenters. The van der Waals surface area contributed by atoms with Gasteiger partial charge in [0.15, 0.2) is 0 Å². The first kappa shape index (κ1) is 11.4. The molecule has 0 fully saturated rings. The Balaban J connectivity index is 2.38. The van der Waals surface area contributed by atoms with Gasteiger partial charge in [0.1, 0.15) is 5.82 Å². The second-order valence-corrected chi connectivity index (χ2v) is 4.01. The topological polar surface area (TPSA) is 3.24 Å². The Morgan fingerprint density at radius 2 is 2.06 bits per heavy atom. The molecule has 0 unspecified atom stereocenters. The largest absolute Gasteiger partial charge is 0.318 e. The van der Waals surface area contributed by atoms with Gasteiger partial charge >= 0.3 is 0 Å². The third-order valence-electron chi connectivity index (χ3n) is 2.63. The van der Waals surface area contributed by atoms with Crippen LogP contribution >= 0.6 is 0 Å². The Hall–Kier alpha value is -2.09. The maximum absolute atomic E-state index is 13.8. The fourth-order valence-corrected chi connectivity index (χ4v) is 1.73. The van der Waals surface area contributed by atoms with Crippen LogP contribution in [0, 0.1) is 5.82 Å². The summed E-state index contributed by atoms with van der Waals surface area (Å²) in [6.45, 7) is 9.45. The van der Waals surface area contributed by atoms with Crippen molar-refractivity contribution < 1.29 is 4.39 Å². The molecule has 1 aliphatic heterocycles. The van der Waals surface area contributed by atoms with Gasteiger partial charge in [-0.25, -0.2) is 4.39 Å². The number of allylic oxidation sites excluding steroid dienone is 4. The minimum Gasteiger partial charge on any atom is -0.318 e. The van der Waals surface area contributed by atoms with E-state index < -0.39 is 0 Å². The standard InChI is InChI=1S/C15H14FN/c1-11(2)14-8-7-13(10-15(14)16)17-9-5-4-6-12(17)3/h4-10H,1,3H2,2H3. The van der Waals surface area contributed by atoms with Crippen molar-refractivity contribution in [2.75, 3.05) is 4.90 Å². The fraction of sp³-hybridized carbons (Fsp3) is 0.0667. The van der Waals surface area contributed by atoms with Gasteiger partial charge in [0, 0.05) is 23.1 Å². The van der Waals surface area contributed by atoms with Gasteiger partial charge in [-0.1, -0.05) is 19.2 Å². The second-order valence-electron chi connectivity index (χ2n) is 4.01. The normalized spacial score (nSPS) is 14.2. The SMILES string of the molecule is C=C(C)c1ccc(N2C=CC=CC2=C)cc1F. The summed E-state index contributed by atoms with van der Waals surface area (Å²) in [5.74, 6) is -0.259. The Morgan fingerprint density at radius 3 is 2.65 bits per heavy atom. The number of rotatable bonds is 2. The molecular formula is C15H14FN. The molecule has 1 aromatic rings. The van der Waals surface area contributed by atoms with Gasteiger partial charge in [-0.2, -0.15) is 0 Å². The van der Waals surface area contributed by atoms with Crippen LogP contribution in [0.2, 0.25) is 0 Å². The molecule has 0 amide bonds. The molecule has 0 bridgehead atoms. The Labute approximate surface area is 101 Å². The van der Waals surface area contributed by atoms with Gasteiger partial charge in [-0.05, 0) is 42.8 Å². The lowest BCUT2D eigenvalue weighted by Gasteiger charge is -2.23. The Morgan fingerprint density at radius 1 is 1.29 bits per heavy atom. The predicted molar refractivity (Wildman–Crippen MR) is 71.0 cm³/mol. The highest BCUT2D eigenvalue weighted by molar-refractivity contribution is 5.67. The van der Waals surface area contributed by atoms with E-state index in [1.165, 1.54) is 6.07 Å². The third kappa shape index (κ3) is 2.21. The molecule has 0 spiro atoms. The maximum atomic E-state index is 13.8. The van der Waals surface area contributed by atoms with E-state index in [1.807, 2.05) is 35.4 Å².